The monoisotopic (exact) mass is 584 g/mol. The predicted molar refractivity (Wildman–Crippen MR) is 147 cm³/mol. The minimum atomic E-state index is -0.652. The zero-order valence-corrected chi connectivity index (χ0v) is 24.4. The molecule has 0 aliphatic rings. The van der Waals surface area contributed by atoms with Gasteiger partial charge in [-0.1, -0.05) is 70.0 Å². The molecule has 0 spiro atoms. The van der Waals surface area contributed by atoms with Crippen LogP contribution in [0.25, 0.3) is 0 Å². The van der Waals surface area contributed by atoms with Crippen molar-refractivity contribution in [3.8, 4) is 5.75 Å². The summed E-state index contributed by atoms with van der Waals surface area (Å²) in [7, 11) is 0. The van der Waals surface area contributed by atoms with E-state index in [1.54, 1.807) is 23.1 Å². The molecule has 2 rings (SSSR count). The molecular weight excluding hydrogens is 551 g/mol. The lowest BCUT2D eigenvalue weighted by molar-refractivity contribution is -0.143. The maximum atomic E-state index is 13.4. The Hall–Kier alpha value is -1.76. The van der Waals surface area contributed by atoms with E-state index in [1.165, 1.54) is 0 Å². The van der Waals surface area contributed by atoms with E-state index < -0.39 is 6.04 Å². The highest BCUT2D eigenvalue weighted by Gasteiger charge is 2.30. The summed E-state index contributed by atoms with van der Waals surface area (Å²) < 4.78 is 6.66. The van der Waals surface area contributed by atoms with Crippen molar-refractivity contribution in [2.24, 2.45) is 0 Å². The zero-order valence-electron chi connectivity index (χ0n) is 21.3. The molecule has 0 heterocycles. The second-order valence-electron chi connectivity index (χ2n) is 9.70. The quantitative estimate of drug-likeness (QED) is 0.322. The highest BCUT2D eigenvalue weighted by molar-refractivity contribution is 9.10. The van der Waals surface area contributed by atoms with Crippen molar-refractivity contribution in [2.75, 3.05) is 6.61 Å². The first-order valence-electron chi connectivity index (χ1n) is 11.8. The van der Waals surface area contributed by atoms with Gasteiger partial charge in [-0.15, -0.1) is 0 Å². The van der Waals surface area contributed by atoms with Crippen LogP contribution in [0.2, 0.25) is 10.0 Å². The molecule has 0 bridgehead atoms. The number of ether oxygens (including phenoxy) is 1. The Morgan fingerprint density at radius 3 is 2.29 bits per heavy atom. The van der Waals surface area contributed by atoms with Gasteiger partial charge in [0.15, 0.2) is 6.61 Å². The van der Waals surface area contributed by atoms with Gasteiger partial charge in [-0.3, -0.25) is 9.59 Å². The second-order valence-corrected chi connectivity index (χ2v) is 11.4. The van der Waals surface area contributed by atoms with Crippen LogP contribution >= 0.6 is 39.1 Å². The van der Waals surface area contributed by atoms with E-state index in [1.807, 2.05) is 39.0 Å². The van der Waals surface area contributed by atoms with Crippen LogP contribution in [0.1, 0.15) is 65.5 Å². The van der Waals surface area contributed by atoms with Crippen molar-refractivity contribution in [2.45, 2.75) is 78.4 Å². The number of carbonyl (C=O) groups is 2. The molecule has 35 heavy (non-hydrogen) atoms. The summed E-state index contributed by atoms with van der Waals surface area (Å²) in [5, 5.41) is 3.83. The third-order valence-electron chi connectivity index (χ3n) is 5.87. The molecule has 192 valence electrons. The topological polar surface area (TPSA) is 58.6 Å². The smallest absolute Gasteiger partial charge is 0.261 e. The normalized spacial score (nSPS) is 13.2. The highest BCUT2D eigenvalue weighted by atomic mass is 79.9. The molecule has 0 aliphatic heterocycles. The first-order valence-corrected chi connectivity index (χ1v) is 13.4. The van der Waals surface area contributed by atoms with Crippen molar-refractivity contribution < 1.29 is 14.3 Å². The molecule has 0 radical (unpaired) electrons. The van der Waals surface area contributed by atoms with Gasteiger partial charge in [-0.05, 0) is 76.5 Å². The molecule has 0 saturated heterocycles. The van der Waals surface area contributed by atoms with Crippen LogP contribution in [0.4, 0.5) is 0 Å². The molecule has 1 N–H and O–H groups in total. The van der Waals surface area contributed by atoms with Gasteiger partial charge in [0.1, 0.15) is 11.8 Å². The molecule has 2 amide bonds. The molecule has 0 unspecified atom stereocenters. The van der Waals surface area contributed by atoms with E-state index in [-0.39, 0.29) is 36.4 Å². The fourth-order valence-corrected chi connectivity index (χ4v) is 4.32. The lowest BCUT2D eigenvalue weighted by atomic mass is 9.87. The van der Waals surface area contributed by atoms with Crippen molar-refractivity contribution in [3.63, 3.8) is 0 Å². The molecule has 5 nitrogen and oxygen atoms in total. The van der Waals surface area contributed by atoms with E-state index >= 15 is 0 Å². The van der Waals surface area contributed by atoms with Gasteiger partial charge in [0, 0.05) is 12.6 Å². The molecule has 0 saturated carbocycles. The number of benzene rings is 2. The Kier molecular flexibility index (Phi) is 10.9. The lowest BCUT2D eigenvalue weighted by Crippen LogP contribution is -2.51. The van der Waals surface area contributed by atoms with Crippen LogP contribution in [0, 0.1) is 0 Å². The van der Waals surface area contributed by atoms with Gasteiger partial charge in [0.25, 0.3) is 5.91 Å². The largest absolute Gasteiger partial charge is 0.483 e. The first kappa shape index (κ1) is 29.5. The summed E-state index contributed by atoms with van der Waals surface area (Å²) in [4.78, 5) is 28.0. The first-order chi connectivity index (χ1) is 16.4. The summed E-state index contributed by atoms with van der Waals surface area (Å²) in [5.41, 5.74) is 1.92. The van der Waals surface area contributed by atoms with E-state index in [9.17, 15) is 9.59 Å². The third-order valence-corrected chi connectivity index (χ3v) is 7.23. The molecular formula is C27H35BrCl2N2O3. The Morgan fingerprint density at radius 1 is 1.06 bits per heavy atom. The number of halogens is 3. The number of carbonyl (C=O) groups excluding carboxylic acids is 2. The molecule has 2 aromatic carbocycles. The summed E-state index contributed by atoms with van der Waals surface area (Å²) >= 11 is 15.8. The van der Waals surface area contributed by atoms with E-state index in [2.05, 4.69) is 42.0 Å². The Bertz CT molecular complexity index is 1040. The number of rotatable bonds is 10. The SMILES string of the molecule is CC[C@H](C)NC(=O)[C@H](CC)N(Cc1ccc(Cl)c(Cl)c1)C(=O)COc1ccc(C(C)(C)C)cc1Br. The minimum absolute atomic E-state index is 0.00650. The van der Waals surface area contributed by atoms with Gasteiger partial charge >= 0.3 is 0 Å². The van der Waals surface area contributed by atoms with Crippen LogP contribution < -0.4 is 10.1 Å². The van der Waals surface area contributed by atoms with Crippen LogP contribution in [-0.4, -0.2) is 35.4 Å². The van der Waals surface area contributed by atoms with E-state index in [4.69, 9.17) is 27.9 Å². The molecule has 2 aromatic rings. The van der Waals surface area contributed by atoms with Crippen molar-refractivity contribution in [3.05, 3.63) is 62.0 Å². The summed E-state index contributed by atoms with van der Waals surface area (Å²) in [6.45, 7) is 12.2. The summed E-state index contributed by atoms with van der Waals surface area (Å²) in [5.74, 6) is 0.0814. The number of nitrogens with zero attached hydrogens (tertiary/aromatic N) is 1. The van der Waals surface area contributed by atoms with Crippen LogP contribution in [0.5, 0.6) is 5.75 Å². The van der Waals surface area contributed by atoms with Crippen LogP contribution in [-0.2, 0) is 21.5 Å². The Morgan fingerprint density at radius 2 is 1.74 bits per heavy atom. The number of hydrogen-bond acceptors (Lipinski definition) is 3. The molecule has 0 aromatic heterocycles. The van der Waals surface area contributed by atoms with Gasteiger partial charge < -0.3 is 15.0 Å². The standard InChI is InChI=1S/C27H35BrCl2N2O3/c1-7-17(3)31-26(34)23(8-2)32(15-18-9-11-21(29)22(30)13-18)25(33)16-35-24-12-10-19(14-20(24)28)27(4,5)6/h9-14,17,23H,7-8,15-16H2,1-6H3,(H,31,34)/t17-,23-/m0/s1. The van der Waals surface area contributed by atoms with Gasteiger partial charge in [-0.2, -0.15) is 0 Å². The van der Waals surface area contributed by atoms with E-state index in [0.717, 1.165) is 22.0 Å². The van der Waals surface area contributed by atoms with Gasteiger partial charge in [-0.25, -0.2) is 0 Å². The second kappa shape index (κ2) is 13.0. The van der Waals surface area contributed by atoms with Crippen molar-refractivity contribution in [1.29, 1.82) is 0 Å². The third kappa shape index (κ3) is 8.40. The molecule has 8 heteroatoms. The fraction of sp³-hybridized carbons (Fsp3) is 0.481. The summed E-state index contributed by atoms with van der Waals surface area (Å²) in [6, 6.07) is 10.4. The highest BCUT2D eigenvalue weighted by Crippen LogP contribution is 2.31. The minimum Gasteiger partial charge on any atom is -0.483 e. The average molecular weight is 586 g/mol. The van der Waals surface area contributed by atoms with Crippen LogP contribution in [0.3, 0.4) is 0 Å². The van der Waals surface area contributed by atoms with Crippen molar-refractivity contribution >= 4 is 50.9 Å². The van der Waals surface area contributed by atoms with Crippen LogP contribution in [0.15, 0.2) is 40.9 Å². The summed E-state index contributed by atoms with van der Waals surface area (Å²) in [6.07, 6.45) is 1.25. The predicted octanol–water partition coefficient (Wildman–Crippen LogP) is 7.15. The number of hydrogen-bond donors (Lipinski definition) is 1. The average Bonchev–Trinajstić information content (AvgIpc) is 2.79. The number of nitrogens with one attached hydrogen (secondary N) is 1. The van der Waals surface area contributed by atoms with Crippen molar-refractivity contribution in [1.82, 2.24) is 10.2 Å². The Balaban J connectivity index is 2.27. The maximum Gasteiger partial charge on any atom is 0.261 e. The Labute approximate surface area is 227 Å². The molecule has 2 atom stereocenters. The van der Waals surface area contributed by atoms with Gasteiger partial charge in [0.2, 0.25) is 5.91 Å². The van der Waals surface area contributed by atoms with E-state index in [0.29, 0.717) is 22.2 Å². The zero-order chi connectivity index (χ0) is 26.3. The lowest BCUT2D eigenvalue weighted by Gasteiger charge is -2.31. The van der Waals surface area contributed by atoms with Gasteiger partial charge in [0.05, 0.1) is 14.5 Å². The fourth-order valence-electron chi connectivity index (χ4n) is 3.50. The number of amides is 2. The molecule has 0 aliphatic carbocycles. The molecule has 0 fully saturated rings. The maximum absolute atomic E-state index is 13.4.